The lowest BCUT2D eigenvalue weighted by Crippen LogP contribution is -2.36. The Hall–Kier alpha value is -2.69. The first kappa shape index (κ1) is 15.8. The van der Waals surface area contributed by atoms with Crippen LogP contribution in [0.4, 0.5) is 0 Å². The van der Waals surface area contributed by atoms with Crippen molar-refractivity contribution in [1.82, 2.24) is 5.01 Å². The number of carbonyl (C=O) groups is 2. The number of benzene rings is 3. The summed E-state index contributed by atoms with van der Waals surface area (Å²) in [5, 5.41) is 7.27. The van der Waals surface area contributed by atoms with Crippen LogP contribution in [0.2, 0.25) is 10.0 Å². The number of hydrazone groups is 1. The zero-order valence-electron chi connectivity index (χ0n) is 12.7. The van der Waals surface area contributed by atoms with Crippen LogP contribution < -0.4 is 0 Å². The van der Waals surface area contributed by atoms with Crippen molar-refractivity contribution in [2.24, 2.45) is 5.10 Å². The third kappa shape index (κ3) is 2.60. The highest BCUT2D eigenvalue weighted by molar-refractivity contribution is 6.42. The fourth-order valence-electron chi connectivity index (χ4n) is 2.84. The molecule has 0 aromatic heterocycles. The van der Waals surface area contributed by atoms with Gasteiger partial charge in [-0.25, -0.2) is 0 Å². The summed E-state index contributed by atoms with van der Waals surface area (Å²) in [5.74, 6) is -0.906. The molecule has 0 aliphatic carbocycles. The highest BCUT2D eigenvalue weighted by Gasteiger charge is 2.32. The zero-order valence-corrected chi connectivity index (χ0v) is 14.3. The van der Waals surface area contributed by atoms with E-state index in [1.165, 1.54) is 6.21 Å². The molecule has 0 unspecified atom stereocenters. The van der Waals surface area contributed by atoms with Gasteiger partial charge in [0.05, 0.1) is 27.4 Å². The van der Waals surface area contributed by atoms with Gasteiger partial charge in [0.25, 0.3) is 11.8 Å². The molecule has 0 spiro atoms. The van der Waals surface area contributed by atoms with E-state index < -0.39 is 11.8 Å². The monoisotopic (exact) mass is 368 g/mol. The third-order valence-corrected chi connectivity index (χ3v) is 4.76. The van der Waals surface area contributed by atoms with Crippen molar-refractivity contribution in [3.05, 3.63) is 81.3 Å². The zero-order chi connectivity index (χ0) is 17.6. The van der Waals surface area contributed by atoms with E-state index in [2.05, 4.69) is 5.10 Å². The van der Waals surface area contributed by atoms with Crippen LogP contribution in [-0.2, 0) is 0 Å². The lowest BCUT2D eigenvalue weighted by Gasteiger charge is -2.22. The predicted octanol–water partition coefficient (Wildman–Crippen LogP) is 4.78. The number of carbonyl (C=O) groups excluding carboxylic acids is 2. The van der Waals surface area contributed by atoms with E-state index >= 15 is 0 Å². The van der Waals surface area contributed by atoms with Crippen LogP contribution in [0, 0.1) is 0 Å². The van der Waals surface area contributed by atoms with Crippen LogP contribution in [0.5, 0.6) is 0 Å². The fraction of sp³-hybridized carbons (Fsp3) is 0. The van der Waals surface area contributed by atoms with Crippen molar-refractivity contribution in [2.75, 3.05) is 0 Å². The molecule has 1 aliphatic rings. The average Bonchev–Trinajstić information content (AvgIpc) is 2.62. The predicted molar refractivity (Wildman–Crippen MR) is 98.5 cm³/mol. The SMILES string of the molecule is O=C1c2cccc3cccc(c23)C(=O)N1/N=C\c1ccc(Cl)c(Cl)c1. The second-order valence-corrected chi connectivity index (χ2v) is 6.36. The Kier molecular flexibility index (Phi) is 3.79. The first-order valence-electron chi connectivity index (χ1n) is 7.46. The van der Waals surface area contributed by atoms with Crippen LogP contribution in [-0.4, -0.2) is 23.0 Å². The number of imide groups is 1. The minimum Gasteiger partial charge on any atom is -0.267 e. The first-order valence-corrected chi connectivity index (χ1v) is 8.21. The smallest absolute Gasteiger partial charge is 0.267 e. The summed E-state index contributed by atoms with van der Waals surface area (Å²) in [6.07, 6.45) is 1.41. The number of halogens is 2. The molecule has 4 rings (SSSR count). The molecular formula is C19H10Cl2N2O2. The maximum atomic E-state index is 12.7. The van der Waals surface area contributed by atoms with Gasteiger partial charge in [-0.1, -0.05) is 53.5 Å². The first-order chi connectivity index (χ1) is 12.1. The number of nitrogens with zero attached hydrogens (tertiary/aromatic N) is 2. The molecule has 4 nitrogen and oxygen atoms in total. The van der Waals surface area contributed by atoms with Crippen molar-refractivity contribution in [3.63, 3.8) is 0 Å². The molecule has 0 radical (unpaired) electrons. The van der Waals surface area contributed by atoms with Gasteiger partial charge in [0.15, 0.2) is 0 Å². The van der Waals surface area contributed by atoms with Gasteiger partial charge in [-0.15, -0.1) is 0 Å². The Morgan fingerprint density at radius 3 is 2.08 bits per heavy atom. The lowest BCUT2D eigenvalue weighted by molar-refractivity contribution is 0.0616. The number of rotatable bonds is 2. The standard InChI is InChI=1S/C19H10Cl2N2O2/c20-15-8-7-11(9-16(15)21)10-22-23-18(24)13-5-1-3-12-4-2-6-14(17(12)13)19(23)25/h1-10H/b22-10-. The molecule has 25 heavy (non-hydrogen) atoms. The van der Waals surface area contributed by atoms with E-state index in [1.807, 2.05) is 12.1 Å². The Bertz CT molecular complexity index is 1030. The van der Waals surface area contributed by atoms with E-state index in [9.17, 15) is 9.59 Å². The Morgan fingerprint density at radius 1 is 0.840 bits per heavy atom. The molecule has 1 heterocycles. The van der Waals surface area contributed by atoms with Gasteiger partial charge < -0.3 is 0 Å². The van der Waals surface area contributed by atoms with Crippen LogP contribution in [0.3, 0.4) is 0 Å². The summed E-state index contributed by atoms with van der Waals surface area (Å²) in [7, 11) is 0. The molecule has 0 bridgehead atoms. The molecule has 0 N–H and O–H groups in total. The van der Waals surface area contributed by atoms with Crippen LogP contribution in [0.15, 0.2) is 59.7 Å². The van der Waals surface area contributed by atoms with Crippen molar-refractivity contribution in [3.8, 4) is 0 Å². The summed E-state index contributed by atoms with van der Waals surface area (Å²) < 4.78 is 0. The molecule has 0 fully saturated rings. The van der Waals surface area contributed by atoms with Gasteiger partial charge in [-0.3, -0.25) is 9.59 Å². The Labute approximate surface area is 153 Å². The molecule has 0 saturated carbocycles. The lowest BCUT2D eigenvalue weighted by atomic mass is 9.95. The topological polar surface area (TPSA) is 49.7 Å². The Morgan fingerprint density at radius 2 is 1.48 bits per heavy atom. The van der Waals surface area contributed by atoms with Gasteiger partial charge >= 0.3 is 0 Å². The van der Waals surface area contributed by atoms with Crippen LogP contribution >= 0.6 is 23.2 Å². The van der Waals surface area contributed by atoms with E-state index in [4.69, 9.17) is 23.2 Å². The molecule has 2 amide bonds. The Balaban J connectivity index is 1.77. The molecular weight excluding hydrogens is 359 g/mol. The molecule has 122 valence electrons. The minimum atomic E-state index is -0.453. The largest absolute Gasteiger partial charge is 0.282 e. The van der Waals surface area contributed by atoms with Gasteiger partial charge in [0.2, 0.25) is 0 Å². The van der Waals surface area contributed by atoms with Gasteiger partial charge in [0, 0.05) is 5.39 Å². The van der Waals surface area contributed by atoms with Crippen LogP contribution in [0.25, 0.3) is 10.8 Å². The summed E-state index contributed by atoms with van der Waals surface area (Å²) >= 11 is 11.9. The molecule has 3 aromatic rings. The van der Waals surface area contributed by atoms with Crippen LogP contribution in [0.1, 0.15) is 26.3 Å². The highest BCUT2D eigenvalue weighted by Crippen LogP contribution is 2.30. The fourth-order valence-corrected chi connectivity index (χ4v) is 3.15. The average molecular weight is 369 g/mol. The van der Waals surface area contributed by atoms with E-state index in [-0.39, 0.29) is 0 Å². The number of amides is 2. The van der Waals surface area contributed by atoms with E-state index in [0.717, 1.165) is 10.4 Å². The van der Waals surface area contributed by atoms with E-state index in [0.29, 0.717) is 32.1 Å². The maximum absolute atomic E-state index is 12.7. The normalized spacial score (nSPS) is 13.9. The van der Waals surface area contributed by atoms with Crippen molar-refractivity contribution in [1.29, 1.82) is 0 Å². The number of hydrogen-bond donors (Lipinski definition) is 0. The quantitative estimate of drug-likeness (QED) is 0.482. The van der Waals surface area contributed by atoms with Crippen molar-refractivity contribution >= 4 is 52.0 Å². The summed E-state index contributed by atoms with van der Waals surface area (Å²) in [6.45, 7) is 0. The van der Waals surface area contributed by atoms with Crippen molar-refractivity contribution < 1.29 is 9.59 Å². The molecule has 3 aromatic carbocycles. The van der Waals surface area contributed by atoms with E-state index in [1.54, 1.807) is 42.5 Å². The van der Waals surface area contributed by atoms with Gasteiger partial charge in [-0.05, 0) is 35.2 Å². The molecule has 0 saturated heterocycles. The highest BCUT2D eigenvalue weighted by atomic mass is 35.5. The summed E-state index contributed by atoms with van der Waals surface area (Å²) in [5.41, 5.74) is 1.55. The summed E-state index contributed by atoms with van der Waals surface area (Å²) in [4.78, 5) is 25.4. The van der Waals surface area contributed by atoms with Gasteiger partial charge in [-0.2, -0.15) is 10.1 Å². The second kappa shape index (κ2) is 5.99. The molecule has 1 aliphatic heterocycles. The molecule has 0 atom stereocenters. The number of hydrogen-bond acceptors (Lipinski definition) is 3. The minimum absolute atomic E-state index is 0.372. The van der Waals surface area contributed by atoms with Gasteiger partial charge in [0.1, 0.15) is 0 Å². The maximum Gasteiger partial charge on any atom is 0.282 e. The third-order valence-electron chi connectivity index (χ3n) is 4.02. The van der Waals surface area contributed by atoms with Crippen molar-refractivity contribution in [2.45, 2.75) is 0 Å². The summed E-state index contributed by atoms with van der Waals surface area (Å²) in [6, 6.07) is 15.7. The second-order valence-electron chi connectivity index (χ2n) is 5.55. The molecule has 6 heteroatoms.